The average Bonchev–Trinajstić information content (AvgIpc) is 2.44. The van der Waals surface area contributed by atoms with Crippen molar-refractivity contribution in [1.82, 2.24) is 5.43 Å². The first kappa shape index (κ1) is 15.5. The van der Waals surface area contributed by atoms with Gasteiger partial charge in [0.2, 0.25) is 0 Å². The number of hydrazine groups is 1. The number of nitrogens with one attached hydrogen (secondary N) is 1. The first-order valence-corrected chi connectivity index (χ1v) is 6.54. The molecule has 1 unspecified atom stereocenters. The van der Waals surface area contributed by atoms with Crippen LogP contribution < -0.4 is 11.3 Å². The molecule has 0 bridgehead atoms. The molecule has 0 amide bonds. The van der Waals surface area contributed by atoms with Crippen LogP contribution in [0.15, 0.2) is 42.5 Å². The zero-order valence-electron chi connectivity index (χ0n) is 11.8. The van der Waals surface area contributed by atoms with Crippen LogP contribution in [0.4, 0.5) is 13.2 Å². The van der Waals surface area contributed by atoms with E-state index in [0.717, 1.165) is 11.6 Å². The van der Waals surface area contributed by atoms with Crippen LogP contribution in [-0.2, 0) is 5.41 Å². The molecule has 3 N–H and O–H groups in total. The van der Waals surface area contributed by atoms with E-state index >= 15 is 0 Å². The van der Waals surface area contributed by atoms with Crippen LogP contribution in [0, 0.1) is 17.5 Å². The summed E-state index contributed by atoms with van der Waals surface area (Å²) >= 11 is 0. The molecule has 0 radical (unpaired) electrons. The lowest BCUT2D eigenvalue weighted by atomic mass is 9.75. The Labute approximate surface area is 121 Å². The van der Waals surface area contributed by atoms with E-state index in [2.05, 4.69) is 5.43 Å². The average molecular weight is 294 g/mol. The molecule has 0 heterocycles. The van der Waals surface area contributed by atoms with E-state index in [0.29, 0.717) is 0 Å². The quantitative estimate of drug-likeness (QED) is 0.668. The largest absolute Gasteiger partial charge is 0.271 e. The minimum Gasteiger partial charge on any atom is -0.271 e. The van der Waals surface area contributed by atoms with Gasteiger partial charge in [-0.1, -0.05) is 38.1 Å². The van der Waals surface area contributed by atoms with Crippen LogP contribution in [0.5, 0.6) is 0 Å². The van der Waals surface area contributed by atoms with E-state index in [1.54, 1.807) is 12.1 Å². The summed E-state index contributed by atoms with van der Waals surface area (Å²) in [4.78, 5) is 0. The fourth-order valence-electron chi connectivity index (χ4n) is 2.48. The highest BCUT2D eigenvalue weighted by atomic mass is 19.2. The normalized spacial score (nSPS) is 13.2. The Morgan fingerprint density at radius 3 is 2.19 bits per heavy atom. The van der Waals surface area contributed by atoms with E-state index in [-0.39, 0.29) is 11.4 Å². The number of hydrogen-bond donors (Lipinski definition) is 2. The molecule has 0 fully saturated rings. The molecular weight excluding hydrogens is 277 g/mol. The molecular formula is C16H17F3N2. The Morgan fingerprint density at radius 2 is 1.62 bits per heavy atom. The molecule has 112 valence electrons. The van der Waals surface area contributed by atoms with E-state index in [1.165, 1.54) is 24.3 Å². The van der Waals surface area contributed by atoms with Crippen LogP contribution in [0.25, 0.3) is 0 Å². The minimum absolute atomic E-state index is 0.131. The van der Waals surface area contributed by atoms with Crippen molar-refractivity contribution in [2.75, 3.05) is 0 Å². The fourth-order valence-corrected chi connectivity index (χ4v) is 2.48. The van der Waals surface area contributed by atoms with Gasteiger partial charge in [0.1, 0.15) is 5.82 Å². The van der Waals surface area contributed by atoms with Gasteiger partial charge in [-0.05, 0) is 23.8 Å². The van der Waals surface area contributed by atoms with Crippen molar-refractivity contribution in [3.05, 3.63) is 71.0 Å². The van der Waals surface area contributed by atoms with Crippen molar-refractivity contribution in [3.8, 4) is 0 Å². The van der Waals surface area contributed by atoms with Crippen LogP contribution >= 0.6 is 0 Å². The number of hydrogen-bond acceptors (Lipinski definition) is 2. The third-order valence-electron chi connectivity index (χ3n) is 3.77. The molecule has 21 heavy (non-hydrogen) atoms. The molecule has 2 aromatic rings. The van der Waals surface area contributed by atoms with Crippen molar-refractivity contribution in [2.45, 2.75) is 25.3 Å². The molecule has 0 spiro atoms. The Balaban J connectivity index is 2.48. The van der Waals surface area contributed by atoms with Gasteiger partial charge in [0.15, 0.2) is 11.6 Å². The lowest BCUT2D eigenvalue weighted by Gasteiger charge is -2.35. The zero-order valence-corrected chi connectivity index (χ0v) is 11.8. The van der Waals surface area contributed by atoms with Crippen LogP contribution in [0.3, 0.4) is 0 Å². The minimum atomic E-state index is -0.935. The summed E-state index contributed by atoms with van der Waals surface area (Å²) in [6.45, 7) is 3.66. The number of nitrogens with two attached hydrogens (primary N) is 1. The maximum atomic E-state index is 14.0. The smallest absolute Gasteiger partial charge is 0.163 e. The molecule has 2 nitrogen and oxygen atoms in total. The maximum Gasteiger partial charge on any atom is 0.163 e. The second-order valence-electron chi connectivity index (χ2n) is 5.47. The maximum absolute atomic E-state index is 14.0. The summed E-state index contributed by atoms with van der Waals surface area (Å²) in [6.07, 6.45) is 0. The molecule has 5 heteroatoms. The standard InChI is InChI=1S/C16H17F3N2/c1-16(2,10-6-8-11(17)9-7-10)15(21-20)12-4-3-5-13(18)14(12)19/h3-9,15,21H,20H2,1-2H3. The molecule has 0 aliphatic carbocycles. The van der Waals surface area contributed by atoms with Gasteiger partial charge in [-0.2, -0.15) is 0 Å². The summed E-state index contributed by atoms with van der Waals surface area (Å²) in [5.74, 6) is 3.34. The molecule has 0 saturated heterocycles. The predicted molar refractivity (Wildman–Crippen MR) is 75.8 cm³/mol. The SMILES string of the molecule is CC(C)(c1ccc(F)cc1)C(NN)c1cccc(F)c1F. The summed E-state index contributed by atoms with van der Waals surface area (Å²) in [7, 11) is 0. The van der Waals surface area contributed by atoms with Crippen molar-refractivity contribution < 1.29 is 13.2 Å². The molecule has 0 saturated carbocycles. The monoisotopic (exact) mass is 294 g/mol. The van der Waals surface area contributed by atoms with E-state index in [9.17, 15) is 13.2 Å². The number of halogens is 3. The third kappa shape index (κ3) is 2.94. The second-order valence-corrected chi connectivity index (χ2v) is 5.47. The Kier molecular flexibility index (Phi) is 4.34. The molecule has 0 aromatic heterocycles. The van der Waals surface area contributed by atoms with Gasteiger partial charge >= 0.3 is 0 Å². The predicted octanol–water partition coefficient (Wildman–Crippen LogP) is 3.59. The van der Waals surface area contributed by atoms with Gasteiger partial charge in [0, 0.05) is 11.0 Å². The number of rotatable bonds is 4. The van der Waals surface area contributed by atoms with Gasteiger partial charge in [-0.25, -0.2) is 13.2 Å². The lowest BCUT2D eigenvalue weighted by Crippen LogP contribution is -2.41. The van der Waals surface area contributed by atoms with Crippen molar-refractivity contribution in [2.24, 2.45) is 5.84 Å². The topological polar surface area (TPSA) is 38.0 Å². The van der Waals surface area contributed by atoms with Crippen molar-refractivity contribution in [1.29, 1.82) is 0 Å². The summed E-state index contributed by atoms with van der Waals surface area (Å²) in [5.41, 5.74) is 2.76. The van der Waals surface area contributed by atoms with Gasteiger partial charge in [0.25, 0.3) is 0 Å². The van der Waals surface area contributed by atoms with E-state index < -0.39 is 23.1 Å². The summed E-state index contributed by atoms with van der Waals surface area (Å²) in [6, 6.07) is 9.16. The number of benzene rings is 2. The highest BCUT2D eigenvalue weighted by Gasteiger charge is 2.34. The molecule has 0 aliphatic rings. The van der Waals surface area contributed by atoms with Gasteiger partial charge < -0.3 is 0 Å². The highest BCUT2D eigenvalue weighted by molar-refractivity contribution is 5.33. The molecule has 0 aliphatic heterocycles. The molecule has 2 rings (SSSR count). The fraction of sp³-hybridized carbons (Fsp3) is 0.250. The highest BCUT2D eigenvalue weighted by Crippen LogP contribution is 2.37. The Bertz CT molecular complexity index is 624. The summed E-state index contributed by atoms with van der Waals surface area (Å²) in [5, 5.41) is 0. The van der Waals surface area contributed by atoms with Gasteiger partial charge in [0.05, 0.1) is 6.04 Å². The van der Waals surface area contributed by atoms with Crippen LogP contribution in [-0.4, -0.2) is 0 Å². The van der Waals surface area contributed by atoms with E-state index in [4.69, 9.17) is 5.84 Å². The molecule has 1 atom stereocenters. The van der Waals surface area contributed by atoms with E-state index in [1.807, 2.05) is 13.8 Å². The van der Waals surface area contributed by atoms with Crippen LogP contribution in [0.2, 0.25) is 0 Å². The van der Waals surface area contributed by atoms with Gasteiger partial charge in [-0.3, -0.25) is 11.3 Å². The van der Waals surface area contributed by atoms with Crippen molar-refractivity contribution in [3.63, 3.8) is 0 Å². The zero-order chi connectivity index (χ0) is 15.6. The molecule has 2 aromatic carbocycles. The van der Waals surface area contributed by atoms with Crippen molar-refractivity contribution >= 4 is 0 Å². The second kappa shape index (κ2) is 5.87. The Hall–Kier alpha value is -1.85. The lowest BCUT2D eigenvalue weighted by molar-refractivity contribution is 0.337. The Morgan fingerprint density at radius 1 is 1.00 bits per heavy atom. The van der Waals surface area contributed by atoms with Crippen LogP contribution in [0.1, 0.15) is 31.0 Å². The first-order valence-electron chi connectivity index (χ1n) is 6.54. The van der Waals surface area contributed by atoms with Gasteiger partial charge in [-0.15, -0.1) is 0 Å². The first-order chi connectivity index (χ1) is 9.87. The summed E-state index contributed by atoms with van der Waals surface area (Å²) < 4.78 is 40.5. The third-order valence-corrected chi connectivity index (χ3v) is 3.77.